The molecule has 88 valence electrons. The predicted octanol–water partition coefficient (Wildman–Crippen LogP) is 3.19. The van der Waals surface area contributed by atoms with Crippen molar-refractivity contribution in [2.45, 2.75) is 39.2 Å². The molecule has 1 aromatic rings. The van der Waals surface area contributed by atoms with E-state index in [0.29, 0.717) is 11.4 Å². The molecule has 2 nitrogen and oxygen atoms in total. The third kappa shape index (κ3) is 4.23. The minimum atomic E-state index is 0.0362. The number of amides is 1. The van der Waals surface area contributed by atoms with Crippen molar-refractivity contribution in [1.29, 1.82) is 0 Å². The fraction of sp³-hybridized carbons (Fsp3) is 0.462. The minimum Gasteiger partial charge on any atom is -0.353 e. The Morgan fingerprint density at radius 2 is 2.12 bits per heavy atom. The van der Waals surface area contributed by atoms with Crippen molar-refractivity contribution in [3.63, 3.8) is 0 Å². The molecule has 0 aliphatic carbocycles. The number of nitrogens with one attached hydrogen (secondary N) is 1. The zero-order valence-corrected chi connectivity index (χ0v) is 10.6. The molecular formula is C13H18ClNO. The van der Waals surface area contributed by atoms with Crippen LogP contribution in [-0.2, 0) is 11.2 Å². The highest BCUT2D eigenvalue weighted by Gasteiger charge is 2.08. The molecule has 1 aromatic carbocycles. The molecule has 0 fully saturated rings. The average molecular weight is 240 g/mol. The molecule has 0 spiro atoms. The van der Waals surface area contributed by atoms with Gasteiger partial charge in [0.15, 0.2) is 0 Å². The van der Waals surface area contributed by atoms with Crippen molar-refractivity contribution in [2.24, 2.45) is 0 Å². The summed E-state index contributed by atoms with van der Waals surface area (Å²) in [6.45, 7) is 4.13. The normalized spacial score (nSPS) is 12.2. The van der Waals surface area contributed by atoms with Crippen molar-refractivity contribution in [3.05, 3.63) is 34.9 Å². The molecule has 0 aromatic heterocycles. The monoisotopic (exact) mass is 239 g/mol. The smallest absolute Gasteiger partial charge is 0.224 e. The Labute approximate surface area is 102 Å². The van der Waals surface area contributed by atoms with Crippen LogP contribution in [0.4, 0.5) is 0 Å². The van der Waals surface area contributed by atoms with Crippen LogP contribution < -0.4 is 5.32 Å². The Balaban J connectivity index is 2.49. The van der Waals surface area contributed by atoms with Gasteiger partial charge in [0.25, 0.3) is 0 Å². The van der Waals surface area contributed by atoms with Crippen LogP contribution in [0, 0.1) is 0 Å². The molecule has 0 aliphatic rings. The molecule has 0 saturated heterocycles. The van der Waals surface area contributed by atoms with Crippen molar-refractivity contribution >= 4 is 17.5 Å². The molecule has 1 N–H and O–H groups in total. The van der Waals surface area contributed by atoms with E-state index in [-0.39, 0.29) is 11.9 Å². The van der Waals surface area contributed by atoms with Gasteiger partial charge in [0, 0.05) is 11.1 Å². The number of carbonyl (C=O) groups excluding carboxylic acids is 1. The second kappa shape index (κ2) is 6.54. The van der Waals surface area contributed by atoms with Crippen LogP contribution in [0.1, 0.15) is 32.3 Å². The topological polar surface area (TPSA) is 29.1 Å². The number of hydrogen-bond donors (Lipinski definition) is 1. The molecule has 0 aliphatic heterocycles. The van der Waals surface area contributed by atoms with Gasteiger partial charge < -0.3 is 5.32 Å². The molecule has 0 saturated carbocycles. The van der Waals surface area contributed by atoms with E-state index < -0.39 is 0 Å². The van der Waals surface area contributed by atoms with Gasteiger partial charge in [0.2, 0.25) is 5.91 Å². The van der Waals surface area contributed by atoms with Crippen molar-refractivity contribution in [1.82, 2.24) is 5.32 Å². The highest BCUT2D eigenvalue weighted by Crippen LogP contribution is 2.15. The molecule has 0 radical (unpaired) electrons. The molecule has 1 amide bonds. The lowest BCUT2D eigenvalue weighted by atomic mass is 10.1. The van der Waals surface area contributed by atoms with E-state index in [9.17, 15) is 4.79 Å². The first-order chi connectivity index (χ1) is 7.63. The number of benzene rings is 1. The SMILES string of the molecule is CCC[C@@H](C)NC(=O)Cc1ccccc1Cl. The van der Waals surface area contributed by atoms with Crippen LogP contribution in [0.25, 0.3) is 0 Å². The van der Waals surface area contributed by atoms with Crippen LogP contribution in [0.3, 0.4) is 0 Å². The lowest BCUT2D eigenvalue weighted by molar-refractivity contribution is -0.121. The number of hydrogen-bond acceptors (Lipinski definition) is 1. The average Bonchev–Trinajstić information content (AvgIpc) is 2.21. The lowest BCUT2D eigenvalue weighted by Gasteiger charge is -2.13. The van der Waals surface area contributed by atoms with Crippen LogP contribution >= 0.6 is 11.6 Å². The molecule has 16 heavy (non-hydrogen) atoms. The maximum absolute atomic E-state index is 11.7. The second-order valence-corrected chi connectivity index (χ2v) is 4.43. The molecule has 0 bridgehead atoms. The first-order valence-corrected chi connectivity index (χ1v) is 6.04. The Hall–Kier alpha value is -1.02. The summed E-state index contributed by atoms with van der Waals surface area (Å²) < 4.78 is 0. The third-order valence-electron chi connectivity index (χ3n) is 2.44. The van der Waals surface area contributed by atoms with Gasteiger partial charge in [-0.25, -0.2) is 0 Å². The zero-order chi connectivity index (χ0) is 12.0. The summed E-state index contributed by atoms with van der Waals surface area (Å²) in [4.78, 5) is 11.7. The number of halogens is 1. The summed E-state index contributed by atoms with van der Waals surface area (Å²) in [5.41, 5.74) is 0.880. The Kier molecular flexibility index (Phi) is 5.33. The van der Waals surface area contributed by atoms with Crippen LogP contribution in [0.15, 0.2) is 24.3 Å². The van der Waals surface area contributed by atoms with Gasteiger partial charge in [-0.3, -0.25) is 4.79 Å². The van der Waals surface area contributed by atoms with E-state index in [2.05, 4.69) is 12.2 Å². The Bertz CT molecular complexity index is 352. The fourth-order valence-corrected chi connectivity index (χ4v) is 1.85. The standard InChI is InChI=1S/C13H18ClNO/c1-3-6-10(2)15-13(16)9-11-7-4-5-8-12(11)14/h4-5,7-8,10H,3,6,9H2,1-2H3,(H,15,16)/t10-/m1/s1. The van der Waals surface area contributed by atoms with E-state index in [1.807, 2.05) is 25.1 Å². The van der Waals surface area contributed by atoms with Gasteiger partial charge in [-0.15, -0.1) is 0 Å². The van der Waals surface area contributed by atoms with E-state index in [0.717, 1.165) is 18.4 Å². The van der Waals surface area contributed by atoms with E-state index in [4.69, 9.17) is 11.6 Å². The molecule has 3 heteroatoms. The fourth-order valence-electron chi connectivity index (χ4n) is 1.65. The van der Waals surface area contributed by atoms with Crippen molar-refractivity contribution in [3.8, 4) is 0 Å². The highest BCUT2D eigenvalue weighted by molar-refractivity contribution is 6.31. The van der Waals surface area contributed by atoms with E-state index in [1.165, 1.54) is 0 Å². The molecule has 1 atom stereocenters. The Morgan fingerprint density at radius 1 is 1.44 bits per heavy atom. The van der Waals surface area contributed by atoms with E-state index >= 15 is 0 Å². The van der Waals surface area contributed by atoms with Crippen molar-refractivity contribution < 1.29 is 4.79 Å². The summed E-state index contributed by atoms with van der Waals surface area (Å²) in [6.07, 6.45) is 2.44. The zero-order valence-electron chi connectivity index (χ0n) is 9.79. The summed E-state index contributed by atoms with van der Waals surface area (Å²) in [6, 6.07) is 7.68. The van der Waals surface area contributed by atoms with Gasteiger partial charge in [-0.2, -0.15) is 0 Å². The van der Waals surface area contributed by atoms with Gasteiger partial charge >= 0.3 is 0 Å². The molecule has 0 unspecified atom stereocenters. The maximum Gasteiger partial charge on any atom is 0.224 e. The quantitative estimate of drug-likeness (QED) is 0.840. The minimum absolute atomic E-state index is 0.0362. The second-order valence-electron chi connectivity index (χ2n) is 4.03. The number of carbonyl (C=O) groups is 1. The van der Waals surface area contributed by atoms with Crippen LogP contribution in [0.5, 0.6) is 0 Å². The third-order valence-corrected chi connectivity index (χ3v) is 2.81. The molecular weight excluding hydrogens is 222 g/mol. The van der Waals surface area contributed by atoms with Gasteiger partial charge in [-0.1, -0.05) is 43.1 Å². The summed E-state index contributed by atoms with van der Waals surface area (Å²) in [5.74, 6) is 0.0362. The summed E-state index contributed by atoms with van der Waals surface area (Å²) in [5, 5.41) is 3.61. The molecule has 1 rings (SSSR count). The lowest BCUT2D eigenvalue weighted by Crippen LogP contribution is -2.33. The van der Waals surface area contributed by atoms with Gasteiger partial charge in [-0.05, 0) is 25.0 Å². The van der Waals surface area contributed by atoms with Crippen LogP contribution in [-0.4, -0.2) is 11.9 Å². The van der Waals surface area contributed by atoms with E-state index in [1.54, 1.807) is 6.07 Å². The largest absolute Gasteiger partial charge is 0.353 e. The predicted molar refractivity (Wildman–Crippen MR) is 67.7 cm³/mol. The molecule has 0 heterocycles. The first-order valence-electron chi connectivity index (χ1n) is 5.66. The van der Waals surface area contributed by atoms with Crippen LogP contribution in [0.2, 0.25) is 5.02 Å². The van der Waals surface area contributed by atoms with Crippen molar-refractivity contribution in [2.75, 3.05) is 0 Å². The first kappa shape index (κ1) is 13.0. The van der Waals surface area contributed by atoms with Gasteiger partial charge in [0.05, 0.1) is 6.42 Å². The Morgan fingerprint density at radius 3 is 2.75 bits per heavy atom. The maximum atomic E-state index is 11.7. The summed E-state index contributed by atoms with van der Waals surface area (Å²) in [7, 11) is 0. The number of rotatable bonds is 5. The highest BCUT2D eigenvalue weighted by atomic mass is 35.5. The van der Waals surface area contributed by atoms with Gasteiger partial charge in [0.1, 0.15) is 0 Å². The summed E-state index contributed by atoms with van der Waals surface area (Å²) >= 11 is 5.99.